The number of hydrogen-bond donors (Lipinski definition) is 1. The maximum absolute atomic E-state index is 12.3. The number of rotatable bonds is 3. The van der Waals surface area contributed by atoms with Gasteiger partial charge in [-0.05, 0) is 11.8 Å². The first-order chi connectivity index (χ1) is 7.63. The molecule has 0 fully saturated rings. The lowest BCUT2D eigenvalue weighted by atomic mass is 9.84. The van der Waals surface area contributed by atoms with Crippen molar-refractivity contribution >= 4 is 0 Å². The molecule has 17 heavy (non-hydrogen) atoms. The van der Waals surface area contributed by atoms with Crippen LogP contribution >= 0.6 is 0 Å². The smallest absolute Gasteiger partial charge is 0.339 e. The molecule has 0 spiro atoms. The summed E-state index contributed by atoms with van der Waals surface area (Å²) in [6, 6.07) is 0. The fraction of sp³-hybridized carbons (Fsp3) is 0.800. The van der Waals surface area contributed by atoms with E-state index >= 15 is 0 Å². The molecule has 2 N–H and O–H groups in total. The maximum atomic E-state index is 12.3. The molecule has 0 bridgehead atoms. The summed E-state index contributed by atoms with van der Waals surface area (Å²) in [5, 5.41) is 2.92. The minimum Gasteiger partial charge on any atom is -0.339 e. The van der Waals surface area contributed by atoms with Gasteiger partial charge in [0.1, 0.15) is 0 Å². The number of halogens is 3. The second kappa shape index (κ2) is 4.64. The molecule has 0 aliphatic rings. The van der Waals surface area contributed by atoms with Gasteiger partial charge in [0.2, 0.25) is 5.89 Å². The van der Waals surface area contributed by atoms with Gasteiger partial charge in [-0.15, -0.1) is 0 Å². The second-order valence-electron chi connectivity index (χ2n) is 5.15. The van der Waals surface area contributed by atoms with Crippen LogP contribution in [0.3, 0.4) is 0 Å². The molecule has 0 aliphatic carbocycles. The topological polar surface area (TPSA) is 64.9 Å². The first-order valence-electron chi connectivity index (χ1n) is 5.24. The van der Waals surface area contributed by atoms with Crippen molar-refractivity contribution in [3.8, 4) is 0 Å². The van der Waals surface area contributed by atoms with Crippen molar-refractivity contribution in [2.45, 2.75) is 39.3 Å². The van der Waals surface area contributed by atoms with Gasteiger partial charge in [0, 0.05) is 6.54 Å². The van der Waals surface area contributed by atoms with Crippen LogP contribution in [-0.4, -0.2) is 16.7 Å². The maximum Gasteiger partial charge on any atom is 0.455 e. The van der Waals surface area contributed by atoms with E-state index in [9.17, 15) is 13.2 Å². The molecule has 98 valence electrons. The van der Waals surface area contributed by atoms with Gasteiger partial charge in [-0.3, -0.25) is 0 Å². The first-order valence-corrected chi connectivity index (χ1v) is 5.24. The number of alkyl halides is 3. The third-order valence-electron chi connectivity index (χ3n) is 2.19. The second-order valence-corrected chi connectivity index (χ2v) is 5.15. The molecule has 0 saturated heterocycles. The minimum atomic E-state index is -4.58. The van der Waals surface area contributed by atoms with Crippen LogP contribution in [0.15, 0.2) is 4.52 Å². The molecule has 1 rings (SSSR count). The number of aromatic nitrogens is 2. The van der Waals surface area contributed by atoms with Crippen molar-refractivity contribution in [2.24, 2.45) is 11.1 Å². The van der Waals surface area contributed by atoms with Crippen LogP contribution in [0.2, 0.25) is 0 Å². The summed E-state index contributed by atoms with van der Waals surface area (Å²) >= 11 is 0. The molecule has 1 aromatic rings. The van der Waals surface area contributed by atoms with E-state index in [1.54, 1.807) is 0 Å². The molecule has 0 amide bonds. The van der Waals surface area contributed by atoms with Gasteiger partial charge in [-0.1, -0.05) is 25.9 Å². The van der Waals surface area contributed by atoms with E-state index in [-0.39, 0.29) is 23.8 Å². The van der Waals surface area contributed by atoms with Gasteiger partial charge in [0.25, 0.3) is 5.82 Å². The molecule has 0 radical (unpaired) electrons. The van der Waals surface area contributed by atoms with Gasteiger partial charge in [0.05, 0.1) is 5.92 Å². The monoisotopic (exact) mass is 251 g/mol. The Morgan fingerprint density at radius 1 is 1.29 bits per heavy atom. The standard InChI is InChI=1S/C10H16F3N3O/c1-9(2,3)4-6(5-14)7-15-8(16-17-7)10(11,12)13/h6H,4-5,14H2,1-3H3. The Balaban J connectivity index is 2.87. The molecule has 0 aliphatic heterocycles. The molecule has 0 saturated carbocycles. The van der Waals surface area contributed by atoms with Crippen LogP contribution in [0.1, 0.15) is 44.8 Å². The molecule has 1 unspecified atom stereocenters. The van der Waals surface area contributed by atoms with Crippen molar-refractivity contribution < 1.29 is 17.7 Å². The molecule has 1 atom stereocenters. The summed E-state index contributed by atoms with van der Waals surface area (Å²) in [7, 11) is 0. The molecular weight excluding hydrogens is 235 g/mol. The Bertz CT molecular complexity index is 368. The zero-order valence-corrected chi connectivity index (χ0v) is 10.0. The molecule has 1 aromatic heterocycles. The van der Waals surface area contributed by atoms with Gasteiger partial charge in [-0.2, -0.15) is 18.2 Å². The average molecular weight is 251 g/mol. The van der Waals surface area contributed by atoms with E-state index < -0.39 is 12.0 Å². The van der Waals surface area contributed by atoms with Crippen LogP contribution in [0.25, 0.3) is 0 Å². The summed E-state index contributed by atoms with van der Waals surface area (Å²) in [4.78, 5) is 3.35. The largest absolute Gasteiger partial charge is 0.455 e. The Hall–Kier alpha value is -1.11. The van der Waals surface area contributed by atoms with Crippen LogP contribution < -0.4 is 5.73 Å². The zero-order chi connectivity index (χ0) is 13.3. The number of nitrogens with two attached hydrogens (primary N) is 1. The van der Waals surface area contributed by atoms with E-state index in [0.717, 1.165) is 0 Å². The fourth-order valence-electron chi connectivity index (χ4n) is 1.53. The van der Waals surface area contributed by atoms with Crippen LogP contribution in [0, 0.1) is 5.41 Å². The van der Waals surface area contributed by atoms with Crippen LogP contribution in [-0.2, 0) is 6.18 Å². The normalized spacial score (nSPS) is 15.0. The molecule has 7 heteroatoms. The van der Waals surface area contributed by atoms with Gasteiger partial charge in [-0.25, -0.2) is 0 Å². The van der Waals surface area contributed by atoms with Crippen LogP contribution in [0.5, 0.6) is 0 Å². The number of nitrogens with zero attached hydrogens (tertiary/aromatic N) is 2. The van der Waals surface area contributed by atoms with Gasteiger partial charge in [0.15, 0.2) is 0 Å². The Morgan fingerprint density at radius 3 is 2.24 bits per heavy atom. The summed E-state index contributed by atoms with van der Waals surface area (Å²) in [6.07, 6.45) is -3.99. The van der Waals surface area contributed by atoms with Gasteiger partial charge < -0.3 is 10.3 Å². The van der Waals surface area contributed by atoms with E-state index in [2.05, 4.69) is 14.7 Å². The predicted molar refractivity (Wildman–Crippen MR) is 55.2 cm³/mol. The first kappa shape index (κ1) is 14.0. The summed E-state index contributed by atoms with van der Waals surface area (Å²) < 4.78 is 41.5. The van der Waals surface area contributed by atoms with Gasteiger partial charge >= 0.3 is 6.18 Å². The Labute approximate surface area is 97.4 Å². The Morgan fingerprint density at radius 2 is 1.88 bits per heavy atom. The third-order valence-corrected chi connectivity index (χ3v) is 2.19. The van der Waals surface area contributed by atoms with Crippen molar-refractivity contribution in [1.29, 1.82) is 0 Å². The van der Waals surface area contributed by atoms with Crippen molar-refractivity contribution in [3.63, 3.8) is 0 Å². The predicted octanol–water partition coefficient (Wildman–Crippen LogP) is 2.57. The van der Waals surface area contributed by atoms with E-state index in [1.165, 1.54) is 0 Å². The quantitative estimate of drug-likeness (QED) is 0.896. The lowest BCUT2D eigenvalue weighted by Gasteiger charge is -2.22. The highest BCUT2D eigenvalue weighted by Gasteiger charge is 2.38. The lowest BCUT2D eigenvalue weighted by Crippen LogP contribution is -2.20. The fourth-order valence-corrected chi connectivity index (χ4v) is 1.53. The average Bonchev–Trinajstić information content (AvgIpc) is 2.60. The summed E-state index contributed by atoms with van der Waals surface area (Å²) in [5.41, 5.74) is 5.45. The SMILES string of the molecule is CC(C)(C)CC(CN)c1nc(C(F)(F)F)no1. The highest BCUT2D eigenvalue weighted by molar-refractivity contribution is 4.98. The summed E-state index contributed by atoms with van der Waals surface area (Å²) in [5.74, 6) is -1.65. The highest BCUT2D eigenvalue weighted by Crippen LogP contribution is 2.32. The molecular formula is C10H16F3N3O. The molecule has 4 nitrogen and oxygen atoms in total. The molecule has 1 heterocycles. The Kier molecular flexibility index (Phi) is 3.81. The van der Waals surface area contributed by atoms with E-state index in [0.29, 0.717) is 6.42 Å². The van der Waals surface area contributed by atoms with E-state index in [4.69, 9.17) is 5.73 Å². The van der Waals surface area contributed by atoms with Crippen molar-refractivity contribution in [2.75, 3.05) is 6.54 Å². The third kappa shape index (κ3) is 3.99. The minimum absolute atomic E-state index is 0.0465. The zero-order valence-electron chi connectivity index (χ0n) is 10.0. The molecule has 0 aromatic carbocycles. The van der Waals surface area contributed by atoms with E-state index in [1.807, 2.05) is 20.8 Å². The highest BCUT2D eigenvalue weighted by atomic mass is 19.4. The lowest BCUT2D eigenvalue weighted by molar-refractivity contribution is -0.146. The number of hydrogen-bond acceptors (Lipinski definition) is 4. The van der Waals surface area contributed by atoms with Crippen molar-refractivity contribution in [3.05, 3.63) is 11.7 Å². The summed E-state index contributed by atoms with van der Waals surface area (Å²) in [6.45, 7) is 6.08. The van der Waals surface area contributed by atoms with Crippen LogP contribution in [0.4, 0.5) is 13.2 Å². The van der Waals surface area contributed by atoms with Crippen molar-refractivity contribution in [1.82, 2.24) is 10.1 Å².